The highest BCUT2D eigenvalue weighted by Crippen LogP contribution is 2.21. The fraction of sp³-hybridized carbons (Fsp3) is 0.389. The van der Waals surface area contributed by atoms with Crippen LogP contribution < -0.4 is 10.2 Å². The second-order valence-electron chi connectivity index (χ2n) is 6.90. The van der Waals surface area contributed by atoms with Crippen molar-refractivity contribution >= 4 is 23.5 Å². The van der Waals surface area contributed by atoms with E-state index in [1.165, 1.54) is 0 Å². The summed E-state index contributed by atoms with van der Waals surface area (Å²) < 4.78 is 3.30. The SMILES string of the molecule is Cc1nn(CC(=O)NC2CCN(c3nccc(-c4cnn(C)c4)n3)C2)cc1Cl. The first-order valence-corrected chi connectivity index (χ1v) is 9.41. The number of carbonyl (C=O) groups is 1. The minimum atomic E-state index is -0.0870. The molecule has 4 heterocycles. The quantitative estimate of drug-likeness (QED) is 0.696. The molecular weight excluding hydrogens is 380 g/mol. The molecule has 1 aliphatic heterocycles. The molecule has 1 atom stereocenters. The second-order valence-corrected chi connectivity index (χ2v) is 7.31. The minimum absolute atomic E-state index is 0.0466. The van der Waals surface area contributed by atoms with Gasteiger partial charge in [-0.25, -0.2) is 9.97 Å². The number of anilines is 1. The van der Waals surface area contributed by atoms with E-state index in [0.29, 0.717) is 23.2 Å². The van der Waals surface area contributed by atoms with Crippen LogP contribution in [0.2, 0.25) is 5.02 Å². The Hall–Kier alpha value is -2.94. The number of nitrogens with zero attached hydrogens (tertiary/aromatic N) is 7. The van der Waals surface area contributed by atoms with Gasteiger partial charge in [0.25, 0.3) is 0 Å². The van der Waals surface area contributed by atoms with E-state index in [9.17, 15) is 4.79 Å². The molecule has 1 N–H and O–H groups in total. The predicted molar refractivity (Wildman–Crippen MR) is 105 cm³/mol. The molecule has 1 saturated heterocycles. The fourth-order valence-corrected chi connectivity index (χ4v) is 3.42. The van der Waals surface area contributed by atoms with Crippen LogP contribution in [0.25, 0.3) is 11.3 Å². The molecule has 3 aromatic heterocycles. The molecular formula is C18H21ClN8O. The monoisotopic (exact) mass is 400 g/mol. The van der Waals surface area contributed by atoms with Crippen molar-refractivity contribution in [3.63, 3.8) is 0 Å². The average molecular weight is 401 g/mol. The van der Waals surface area contributed by atoms with Gasteiger partial charge in [0.2, 0.25) is 11.9 Å². The van der Waals surface area contributed by atoms with Gasteiger partial charge >= 0.3 is 0 Å². The van der Waals surface area contributed by atoms with Gasteiger partial charge in [0, 0.05) is 50.3 Å². The summed E-state index contributed by atoms with van der Waals surface area (Å²) in [5, 5.41) is 12.0. The Morgan fingerprint density at radius 3 is 2.96 bits per heavy atom. The third kappa shape index (κ3) is 3.99. The molecule has 4 rings (SSSR count). The zero-order valence-corrected chi connectivity index (χ0v) is 16.5. The number of amides is 1. The summed E-state index contributed by atoms with van der Waals surface area (Å²) in [5.41, 5.74) is 2.49. The average Bonchev–Trinajstić information content (AvgIpc) is 3.37. The number of hydrogen-bond donors (Lipinski definition) is 1. The number of nitrogens with one attached hydrogen (secondary N) is 1. The van der Waals surface area contributed by atoms with Crippen molar-refractivity contribution < 1.29 is 4.79 Å². The third-order valence-electron chi connectivity index (χ3n) is 4.67. The van der Waals surface area contributed by atoms with Crippen molar-refractivity contribution in [2.24, 2.45) is 7.05 Å². The van der Waals surface area contributed by atoms with Crippen LogP contribution in [0, 0.1) is 6.92 Å². The Balaban J connectivity index is 1.37. The van der Waals surface area contributed by atoms with E-state index in [-0.39, 0.29) is 18.5 Å². The molecule has 1 fully saturated rings. The molecule has 1 aliphatic rings. The number of rotatable bonds is 5. The van der Waals surface area contributed by atoms with E-state index in [2.05, 4.69) is 30.4 Å². The first-order chi connectivity index (χ1) is 13.5. The molecule has 1 unspecified atom stereocenters. The van der Waals surface area contributed by atoms with Crippen LogP contribution in [-0.4, -0.2) is 54.6 Å². The van der Waals surface area contributed by atoms with Gasteiger partial charge in [0.05, 0.1) is 22.6 Å². The zero-order chi connectivity index (χ0) is 19.7. The van der Waals surface area contributed by atoms with Crippen molar-refractivity contribution in [2.45, 2.75) is 25.9 Å². The first-order valence-electron chi connectivity index (χ1n) is 9.04. The predicted octanol–water partition coefficient (Wildman–Crippen LogP) is 1.43. The van der Waals surface area contributed by atoms with Crippen LogP contribution in [0.5, 0.6) is 0 Å². The molecule has 3 aromatic rings. The van der Waals surface area contributed by atoms with Gasteiger partial charge in [0.1, 0.15) is 6.54 Å². The van der Waals surface area contributed by atoms with Crippen LogP contribution in [-0.2, 0) is 18.4 Å². The number of halogens is 1. The summed E-state index contributed by atoms with van der Waals surface area (Å²) in [5.74, 6) is 0.573. The summed E-state index contributed by atoms with van der Waals surface area (Å²) >= 11 is 5.99. The molecule has 146 valence electrons. The van der Waals surface area contributed by atoms with Crippen molar-refractivity contribution in [2.75, 3.05) is 18.0 Å². The largest absolute Gasteiger partial charge is 0.350 e. The molecule has 0 aliphatic carbocycles. The van der Waals surface area contributed by atoms with Gasteiger partial charge in [-0.15, -0.1) is 0 Å². The number of aromatic nitrogens is 6. The molecule has 0 bridgehead atoms. The lowest BCUT2D eigenvalue weighted by Gasteiger charge is -2.17. The van der Waals surface area contributed by atoms with E-state index >= 15 is 0 Å². The van der Waals surface area contributed by atoms with Crippen molar-refractivity contribution in [1.29, 1.82) is 0 Å². The molecule has 0 aromatic carbocycles. The smallest absolute Gasteiger partial charge is 0.242 e. The van der Waals surface area contributed by atoms with Gasteiger partial charge in [-0.1, -0.05) is 11.6 Å². The summed E-state index contributed by atoms with van der Waals surface area (Å²) in [6, 6.07) is 1.91. The molecule has 9 nitrogen and oxygen atoms in total. The van der Waals surface area contributed by atoms with E-state index in [1.54, 1.807) is 28.0 Å². The van der Waals surface area contributed by atoms with Crippen molar-refractivity contribution in [3.05, 3.63) is 41.6 Å². The van der Waals surface area contributed by atoms with E-state index in [1.807, 2.05) is 26.2 Å². The summed E-state index contributed by atoms with van der Waals surface area (Å²) in [6.45, 7) is 3.41. The molecule has 0 spiro atoms. The summed E-state index contributed by atoms with van der Waals surface area (Å²) in [6.07, 6.45) is 7.95. The maximum absolute atomic E-state index is 12.3. The molecule has 1 amide bonds. The zero-order valence-electron chi connectivity index (χ0n) is 15.7. The standard InChI is InChI=1S/C18H21ClN8O/c1-12-15(19)10-27(24-12)11-17(28)22-14-4-6-26(9-14)18-20-5-3-16(23-18)13-7-21-25(2)8-13/h3,5,7-8,10,14H,4,6,9,11H2,1-2H3,(H,22,28). The van der Waals surface area contributed by atoms with E-state index in [0.717, 1.165) is 24.2 Å². The molecule has 0 radical (unpaired) electrons. The van der Waals surface area contributed by atoms with Crippen LogP contribution in [0.3, 0.4) is 0 Å². The van der Waals surface area contributed by atoms with Gasteiger partial charge < -0.3 is 10.2 Å². The Bertz CT molecular complexity index is 978. The van der Waals surface area contributed by atoms with Crippen LogP contribution in [0.15, 0.2) is 30.9 Å². The highest BCUT2D eigenvalue weighted by atomic mass is 35.5. The lowest BCUT2D eigenvalue weighted by Crippen LogP contribution is -2.39. The third-order valence-corrected chi connectivity index (χ3v) is 5.04. The minimum Gasteiger partial charge on any atom is -0.350 e. The maximum atomic E-state index is 12.3. The fourth-order valence-electron chi connectivity index (χ4n) is 3.27. The van der Waals surface area contributed by atoms with Crippen LogP contribution >= 0.6 is 11.6 Å². The Labute approximate surface area is 167 Å². The molecule has 0 saturated carbocycles. The van der Waals surface area contributed by atoms with Gasteiger partial charge in [-0.05, 0) is 19.4 Å². The number of carbonyl (C=O) groups excluding carboxylic acids is 1. The number of hydrogen-bond acceptors (Lipinski definition) is 6. The van der Waals surface area contributed by atoms with E-state index < -0.39 is 0 Å². The second kappa shape index (κ2) is 7.59. The maximum Gasteiger partial charge on any atom is 0.242 e. The molecule has 28 heavy (non-hydrogen) atoms. The van der Waals surface area contributed by atoms with Crippen LogP contribution in [0.4, 0.5) is 5.95 Å². The van der Waals surface area contributed by atoms with Crippen molar-refractivity contribution in [1.82, 2.24) is 34.8 Å². The first kappa shape index (κ1) is 18.4. The Kier molecular flexibility index (Phi) is 4.99. The summed E-state index contributed by atoms with van der Waals surface area (Å²) in [7, 11) is 1.87. The topological polar surface area (TPSA) is 93.8 Å². The Morgan fingerprint density at radius 1 is 1.39 bits per heavy atom. The number of aryl methyl sites for hydroxylation is 2. The lowest BCUT2D eigenvalue weighted by molar-refractivity contribution is -0.122. The van der Waals surface area contributed by atoms with Crippen LogP contribution in [0.1, 0.15) is 12.1 Å². The highest BCUT2D eigenvalue weighted by Gasteiger charge is 2.26. The molecule has 10 heteroatoms. The highest BCUT2D eigenvalue weighted by molar-refractivity contribution is 6.31. The van der Waals surface area contributed by atoms with Crippen molar-refractivity contribution in [3.8, 4) is 11.3 Å². The van der Waals surface area contributed by atoms with Gasteiger partial charge in [-0.3, -0.25) is 14.2 Å². The van der Waals surface area contributed by atoms with E-state index in [4.69, 9.17) is 11.6 Å². The normalized spacial score (nSPS) is 16.5. The summed E-state index contributed by atoms with van der Waals surface area (Å²) in [4.78, 5) is 23.4. The van der Waals surface area contributed by atoms with Gasteiger partial charge in [-0.2, -0.15) is 10.2 Å². The lowest BCUT2D eigenvalue weighted by atomic mass is 10.2. The van der Waals surface area contributed by atoms with Gasteiger partial charge in [0.15, 0.2) is 0 Å². The Morgan fingerprint density at radius 2 is 2.25 bits per heavy atom.